The summed E-state index contributed by atoms with van der Waals surface area (Å²) >= 11 is 0. The van der Waals surface area contributed by atoms with E-state index in [0.717, 1.165) is 0 Å². The van der Waals surface area contributed by atoms with E-state index in [-0.39, 0.29) is 17.5 Å². The fourth-order valence-electron chi connectivity index (χ4n) is 2.14. The average molecular weight is 284 g/mol. The van der Waals surface area contributed by atoms with Gasteiger partial charge >= 0.3 is 0 Å². The first-order valence-electron chi connectivity index (χ1n) is 6.44. The Kier molecular flexibility index (Phi) is 3.13. The highest BCUT2D eigenvalue weighted by Gasteiger charge is 2.19. The second-order valence-electron chi connectivity index (χ2n) is 4.63. The van der Waals surface area contributed by atoms with Crippen molar-refractivity contribution in [3.8, 4) is 5.69 Å². The van der Waals surface area contributed by atoms with Gasteiger partial charge in [-0.25, -0.2) is 14.4 Å². The highest BCUT2D eigenvalue weighted by atomic mass is 19.1. The van der Waals surface area contributed by atoms with Crippen molar-refractivity contribution in [1.29, 1.82) is 0 Å². The number of nitrogens with one attached hydrogen (secondary N) is 1. The number of carbonyl (C=O) groups is 1. The summed E-state index contributed by atoms with van der Waals surface area (Å²) in [5, 5.41) is 2.53. The van der Waals surface area contributed by atoms with Gasteiger partial charge in [-0.3, -0.25) is 9.36 Å². The van der Waals surface area contributed by atoms with Crippen molar-refractivity contribution in [1.82, 2.24) is 19.9 Å². The molecular formula is C15H13FN4O. The molecule has 0 saturated carbocycles. The van der Waals surface area contributed by atoms with Crippen LogP contribution < -0.4 is 5.32 Å². The molecule has 106 valence electrons. The molecule has 2 heterocycles. The molecule has 0 aliphatic heterocycles. The van der Waals surface area contributed by atoms with Crippen LogP contribution in [0.15, 0.2) is 36.5 Å². The van der Waals surface area contributed by atoms with Gasteiger partial charge in [-0.15, -0.1) is 0 Å². The number of rotatable bonds is 2. The summed E-state index contributed by atoms with van der Waals surface area (Å²) in [5.41, 5.74) is 2.15. The van der Waals surface area contributed by atoms with Crippen LogP contribution in [0.2, 0.25) is 0 Å². The van der Waals surface area contributed by atoms with Crippen molar-refractivity contribution in [2.75, 3.05) is 7.05 Å². The van der Waals surface area contributed by atoms with E-state index in [9.17, 15) is 9.18 Å². The zero-order chi connectivity index (χ0) is 15.0. The molecule has 0 bridgehead atoms. The number of carbonyl (C=O) groups excluding carboxylic acids is 1. The second kappa shape index (κ2) is 4.97. The summed E-state index contributed by atoms with van der Waals surface area (Å²) in [7, 11) is 1.52. The van der Waals surface area contributed by atoms with Gasteiger partial charge in [-0.1, -0.05) is 6.07 Å². The summed E-state index contributed by atoms with van der Waals surface area (Å²) in [6.45, 7) is 1.68. The maximum atomic E-state index is 13.8. The Morgan fingerprint density at radius 3 is 2.86 bits per heavy atom. The largest absolute Gasteiger partial charge is 0.352 e. The van der Waals surface area contributed by atoms with Crippen LogP contribution in [0, 0.1) is 12.7 Å². The number of hydrogen-bond acceptors (Lipinski definition) is 3. The first-order chi connectivity index (χ1) is 10.1. The number of nitrogens with zero attached hydrogens (tertiary/aromatic N) is 3. The Hall–Kier alpha value is -2.76. The monoisotopic (exact) mass is 284 g/mol. The van der Waals surface area contributed by atoms with E-state index in [1.807, 2.05) is 0 Å². The van der Waals surface area contributed by atoms with E-state index < -0.39 is 0 Å². The summed E-state index contributed by atoms with van der Waals surface area (Å²) in [5.74, 6) is -0.517. The fourth-order valence-corrected chi connectivity index (χ4v) is 2.14. The number of pyridine rings is 1. The van der Waals surface area contributed by atoms with E-state index in [0.29, 0.717) is 22.4 Å². The lowest BCUT2D eigenvalue weighted by atomic mass is 10.2. The molecule has 0 atom stereocenters. The minimum atomic E-state index is -0.353. The Labute approximate surface area is 120 Å². The van der Waals surface area contributed by atoms with Crippen LogP contribution in [0.25, 0.3) is 16.9 Å². The molecule has 2 aromatic heterocycles. The topological polar surface area (TPSA) is 59.8 Å². The number of halogens is 1. The molecule has 3 rings (SSSR count). The molecule has 3 aromatic rings. The Balaban J connectivity index is 2.33. The van der Waals surface area contributed by atoms with Crippen molar-refractivity contribution >= 4 is 17.1 Å². The van der Waals surface area contributed by atoms with Crippen molar-refractivity contribution < 1.29 is 9.18 Å². The number of hydrogen-bond donors (Lipinski definition) is 1. The lowest BCUT2D eigenvalue weighted by Gasteiger charge is -2.08. The minimum absolute atomic E-state index is 0.175. The number of amides is 1. The van der Waals surface area contributed by atoms with E-state index in [1.54, 1.807) is 42.0 Å². The zero-order valence-electron chi connectivity index (χ0n) is 11.6. The summed E-state index contributed by atoms with van der Waals surface area (Å²) in [6.07, 6.45) is 1.61. The van der Waals surface area contributed by atoms with Crippen LogP contribution in [0.4, 0.5) is 4.39 Å². The number of imidazole rings is 1. The quantitative estimate of drug-likeness (QED) is 0.785. The third-order valence-electron chi connectivity index (χ3n) is 3.26. The molecule has 6 heteroatoms. The van der Waals surface area contributed by atoms with Gasteiger partial charge < -0.3 is 5.32 Å². The maximum Gasteiger partial charge on any atom is 0.287 e. The maximum absolute atomic E-state index is 13.8. The third-order valence-corrected chi connectivity index (χ3v) is 3.26. The average Bonchev–Trinajstić information content (AvgIpc) is 2.88. The first kappa shape index (κ1) is 13.2. The predicted molar refractivity (Wildman–Crippen MR) is 77.0 cm³/mol. The SMILES string of the molecule is CNC(=O)c1nc2cccnc2n1-c1ccc(C)c(F)c1. The van der Waals surface area contributed by atoms with Crippen LogP contribution in [-0.4, -0.2) is 27.5 Å². The lowest BCUT2D eigenvalue weighted by Crippen LogP contribution is -2.22. The molecule has 0 radical (unpaired) electrons. The molecule has 1 amide bonds. The highest BCUT2D eigenvalue weighted by Crippen LogP contribution is 2.21. The standard InChI is InChI=1S/C15H13FN4O/c1-9-5-6-10(8-11(9)16)20-13-12(4-3-7-18-13)19-14(20)15(21)17-2/h3-8H,1-2H3,(H,17,21). The molecular weight excluding hydrogens is 271 g/mol. The number of aromatic nitrogens is 3. The van der Waals surface area contributed by atoms with Crippen molar-refractivity contribution in [2.45, 2.75) is 6.92 Å². The van der Waals surface area contributed by atoms with Crippen LogP contribution >= 0.6 is 0 Å². The summed E-state index contributed by atoms with van der Waals surface area (Å²) < 4.78 is 15.4. The van der Waals surface area contributed by atoms with Crippen molar-refractivity contribution in [2.24, 2.45) is 0 Å². The number of benzene rings is 1. The lowest BCUT2D eigenvalue weighted by molar-refractivity contribution is 0.0951. The van der Waals surface area contributed by atoms with Gasteiger partial charge in [0.15, 0.2) is 5.65 Å². The molecule has 0 unspecified atom stereocenters. The molecule has 1 N–H and O–H groups in total. The predicted octanol–water partition coefficient (Wildman–Crippen LogP) is 2.23. The van der Waals surface area contributed by atoms with Gasteiger partial charge in [0.1, 0.15) is 11.3 Å². The van der Waals surface area contributed by atoms with Gasteiger partial charge in [0.2, 0.25) is 5.82 Å². The number of fused-ring (bicyclic) bond motifs is 1. The van der Waals surface area contributed by atoms with Crippen LogP contribution in [0.5, 0.6) is 0 Å². The van der Waals surface area contributed by atoms with Gasteiger partial charge in [0.25, 0.3) is 5.91 Å². The van der Waals surface area contributed by atoms with Crippen LogP contribution in [0.3, 0.4) is 0 Å². The third kappa shape index (κ3) is 2.14. The van der Waals surface area contributed by atoms with E-state index in [1.165, 1.54) is 13.1 Å². The van der Waals surface area contributed by atoms with Crippen LogP contribution in [0.1, 0.15) is 16.2 Å². The highest BCUT2D eigenvalue weighted by molar-refractivity contribution is 5.95. The Morgan fingerprint density at radius 1 is 1.33 bits per heavy atom. The number of aryl methyl sites for hydroxylation is 1. The first-order valence-corrected chi connectivity index (χ1v) is 6.44. The smallest absolute Gasteiger partial charge is 0.287 e. The Bertz CT molecular complexity index is 841. The molecule has 0 fully saturated rings. The van der Waals surface area contributed by atoms with Gasteiger partial charge in [-0.2, -0.15) is 0 Å². The van der Waals surface area contributed by atoms with Gasteiger partial charge in [0.05, 0.1) is 5.69 Å². The van der Waals surface area contributed by atoms with Crippen LogP contribution in [-0.2, 0) is 0 Å². The minimum Gasteiger partial charge on any atom is -0.352 e. The molecule has 0 aliphatic carbocycles. The Morgan fingerprint density at radius 2 is 2.14 bits per heavy atom. The molecule has 0 saturated heterocycles. The zero-order valence-corrected chi connectivity index (χ0v) is 11.6. The molecule has 0 aliphatic rings. The second-order valence-corrected chi connectivity index (χ2v) is 4.63. The van der Waals surface area contributed by atoms with Gasteiger partial charge in [0, 0.05) is 13.2 Å². The molecule has 5 nitrogen and oxygen atoms in total. The fraction of sp³-hybridized carbons (Fsp3) is 0.133. The van der Waals surface area contributed by atoms with Crippen molar-refractivity contribution in [3.05, 3.63) is 53.7 Å². The molecule has 0 spiro atoms. The van der Waals surface area contributed by atoms with E-state index in [4.69, 9.17) is 0 Å². The van der Waals surface area contributed by atoms with Crippen molar-refractivity contribution in [3.63, 3.8) is 0 Å². The molecule has 1 aromatic carbocycles. The summed E-state index contributed by atoms with van der Waals surface area (Å²) in [6, 6.07) is 8.27. The van der Waals surface area contributed by atoms with Gasteiger partial charge in [-0.05, 0) is 36.8 Å². The normalized spacial score (nSPS) is 10.8. The van der Waals surface area contributed by atoms with E-state index in [2.05, 4.69) is 15.3 Å². The summed E-state index contributed by atoms with van der Waals surface area (Å²) in [4.78, 5) is 20.5. The molecule has 21 heavy (non-hydrogen) atoms. The van der Waals surface area contributed by atoms with E-state index >= 15 is 0 Å².